The molecular weight excluding hydrogens is 204 g/mol. The van der Waals surface area contributed by atoms with Crippen LogP contribution in [0.2, 0.25) is 0 Å². The molecule has 0 spiro atoms. The molecule has 0 aliphatic heterocycles. The lowest BCUT2D eigenvalue weighted by atomic mass is 10.1. The SMILES string of the molecule is COC(=O)CC(=N)Cc1ccc(C#N)cc1. The topological polar surface area (TPSA) is 73.9 Å². The van der Waals surface area contributed by atoms with Gasteiger partial charge < -0.3 is 10.1 Å². The molecule has 4 nitrogen and oxygen atoms in total. The van der Waals surface area contributed by atoms with Gasteiger partial charge >= 0.3 is 5.97 Å². The molecule has 0 heterocycles. The molecule has 0 saturated carbocycles. The quantitative estimate of drug-likeness (QED) is 0.614. The van der Waals surface area contributed by atoms with Crippen molar-refractivity contribution < 1.29 is 9.53 Å². The van der Waals surface area contributed by atoms with Crippen LogP contribution in [0.25, 0.3) is 0 Å². The summed E-state index contributed by atoms with van der Waals surface area (Å²) in [5.74, 6) is -0.404. The number of carbonyl (C=O) groups is 1. The zero-order chi connectivity index (χ0) is 12.0. The number of hydrogen-bond donors (Lipinski definition) is 1. The Bertz CT molecular complexity index is 429. The van der Waals surface area contributed by atoms with Crippen LogP contribution in [0, 0.1) is 16.7 Å². The molecule has 0 saturated heterocycles. The fourth-order valence-corrected chi connectivity index (χ4v) is 1.25. The van der Waals surface area contributed by atoms with E-state index in [9.17, 15) is 4.79 Å². The van der Waals surface area contributed by atoms with E-state index in [0.717, 1.165) is 5.56 Å². The van der Waals surface area contributed by atoms with E-state index < -0.39 is 5.97 Å². The van der Waals surface area contributed by atoms with Crippen LogP contribution in [0.4, 0.5) is 0 Å². The summed E-state index contributed by atoms with van der Waals surface area (Å²) in [5, 5.41) is 16.2. The highest BCUT2D eigenvalue weighted by molar-refractivity contribution is 5.98. The summed E-state index contributed by atoms with van der Waals surface area (Å²) in [4.78, 5) is 10.9. The van der Waals surface area contributed by atoms with Crippen molar-refractivity contribution in [3.63, 3.8) is 0 Å². The van der Waals surface area contributed by atoms with Gasteiger partial charge in [0.15, 0.2) is 0 Å². The molecule has 0 aromatic heterocycles. The Labute approximate surface area is 94.0 Å². The molecule has 1 aromatic rings. The predicted molar refractivity (Wildman–Crippen MR) is 59.2 cm³/mol. The van der Waals surface area contributed by atoms with Crippen molar-refractivity contribution in [3.05, 3.63) is 35.4 Å². The highest BCUT2D eigenvalue weighted by atomic mass is 16.5. The minimum Gasteiger partial charge on any atom is -0.469 e. The highest BCUT2D eigenvalue weighted by Crippen LogP contribution is 2.06. The maximum Gasteiger partial charge on any atom is 0.311 e. The van der Waals surface area contributed by atoms with Gasteiger partial charge in [0.05, 0.1) is 25.2 Å². The van der Waals surface area contributed by atoms with Crippen LogP contribution in [0.1, 0.15) is 17.5 Å². The monoisotopic (exact) mass is 216 g/mol. The zero-order valence-corrected chi connectivity index (χ0v) is 8.99. The molecule has 1 N–H and O–H groups in total. The standard InChI is InChI=1S/C12H12N2O2/c1-16-12(15)7-11(14)6-9-2-4-10(8-13)5-3-9/h2-5,14H,6-7H2,1H3. The number of benzene rings is 1. The summed E-state index contributed by atoms with van der Waals surface area (Å²) in [6.07, 6.45) is 0.414. The first-order chi connectivity index (χ1) is 7.65. The third-order valence-corrected chi connectivity index (χ3v) is 2.09. The van der Waals surface area contributed by atoms with Crippen molar-refractivity contribution in [1.29, 1.82) is 10.7 Å². The molecule has 0 aliphatic rings. The Morgan fingerprint density at radius 3 is 2.56 bits per heavy atom. The van der Waals surface area contributed by atoms with Crippen molar-refractivity contribution >= 4 is 11.7 Å². The predicted octanol–water partition coefficient (Wildman–Crippen LogP) is 1.68. The minimum atomic E-state index is -0.404. The van der Waals surface area contributed by atoms with Gasteiger partial charge in [-0.05, 0) is 17.7 Å². The van der Waals surface area contributed by atoms with Crippen molar-refractivity contribution in [2.75, 3.05) is 7.11 Å². The summed E-state index contributed by atoms with van der Waals surface area (Å²) in [6, 6.07) is 8.98. The first kappa shape index (κ1) is 11.9. The number of nitrogens with zero attached hydrogens (tertiary/aromatic N) is 1. The second-order valence-electron chi connectivity index (χ2n) is 3.34. The van der Waals surface area contributed by atoms with E-state index >= 15 is 0 Å². The van der Waals surface area contributed by atoms with Gasteiger partial charge in [-0.15, -0.1) is 0 Å². The first-order valence-corrected chi connectivity index (χ1v) is 4.78. The van der Waals surface area contributed by atoms with Crippen LogP contribution in [0.5, 0.6) is 0 Å². The number of nitrogens with one attached hydrogen (secondary N) is 1. The zero-order valence-electron chi connectivity index (χ0n) is 8.99. The van der Waals surface area contributed by atoms with Gasteiger partial charge in [0, 0.05) is 12.1 Å². The molecular formula is C12H12N2O2. The second-order valence-corrected chi connectivity index (χ2v) is 3.34. The van der Waals surface area contributed by atoms with Gasteiger partial charge in [-0.2, -0.15) is 5.26 Å². The largest absolute Gasteiger partial charge is 0.469 e. The molecule has 0 unspecified atom stereocenters. The van der Waals surface area contributed by atoms with Crippen molar-refractivity contribution in [3.8, 4) is 6.07 Å². The van der Waals surface area contributed by atoms with Crippen molar-refractivity contribution in [1.82, 2.24) is 0 Å². The summed E-state index contributed by atoms with van der Waals surface area (Å²) in [7, 11) is 1.30. The molecule has 0 atom stereocenters. The Hall–Kier alpha value is -2.15. The van der Waals surface area contributed by atoms with Gasteiger partial charge in [-0.25, -0.2) is 0 Å². The molecule has 0 radical (unpaired) electrons. The average Bonchev–Trinajstić information content (AvgIpc) is 2.29. The third kappa shape index (κ3) is 3.54. The molecule has 0 fully saturated rings. The van der Waals surface area contributed by atoms with Gasteiger partial charge in [0.25, 0.3) is 0 Å². The summed E-state index contributed by atoms with van der Waals surface area (Å²) in [5.41, 5.74) is 1.80. The maximum atomic E-state index is 10.9. The molecule has 1 rings (SSSR count). The molecule has 0 amide bonds. The van der Waals surface area contributed by atoms with Crippen molar-refractivity contribution in [2.45, 2.75) is 12.8 Å². The lowest BCUT2D eigenvalue weighted by molar-refractivity contribution is -0.139. The normalized spacial score (nSPS) is 9.25. The van der Waals surface area contributed by atoms with Gasteiger partial charge in [-0.1, -0.05) is 12.1 Å². The first-order valence-electron chi connectivity index (χ1n) is 4.78. The van der Waals surface area contributed by atoms with E-state index in [1.165, 1.54) is 7.11 Å². The maximum absolute atomic E-state index is 10.9. The number of rotatable bonds is 4. The van der Waals surface area contributed by atoms with Gasteiger partial charge in [0.1, 0.15) is 0 Å². The third-order valence-electron chi connectivity index (χ3n) is 2.09. The number of methoxy groups -OCH3 is 1. The van der Waals surface area contributed by atoms with Crippen LogP contribution in [-0.4, -0.2) is 18.8 Å². The lowest BCUT2D eigenvalue weighted by Gasteiger charge is -2.03. The number of nitriles is 1. The van der Waals surface area contributed by atoms with E-state index in [2.05, 4.69) is 4.74 Å². The minimum absolute atomic E-state index is 0.0104. The molecule has 0 bridgehead atoms. The lowest BCUT2D eigenvalue weighted by Crippen LogP contribution is -2.10. The van der Waals surface area contributed by atoms with Crippen molar-refractivity contribution in [2.24, 2.45) is 0 Å². The fraction of sp³-hybridized carbons (Fsp3) is 0.250. The summed E-state index contributed by atoms with van der Waals surface area (Å²) >= 11 is 0. The Morgan fingerprint density at radius 1 is 1.44 bits per heavy atom. The molecule has 4 heteroatoms. The number of carbonyl (C=O) groups excluding carboxylic acids is 1. The Kier molecular flexibility index (Phi) is 4.22. The van der Waals surface area contributed by atoms with Gasteiger partial charge in [0.2, 0.25) is 0 Å². The fourth-order valence-electron chi connectivity index (χ4n) is 1.25. The van der Waals surface area contributed by atoms with E-state index in [1.807, 2.05) is 6.07 Å². The second kappa shape index (κ2) is 5.66. The molecule has 0 aliphatic carbocycles. The van der Waals surface area contributed by atoms with Crippen LogP contribution in [0.3, 0.4) is 0 Å². The average molecular weight is 216 g/mol. The van der Waals surface area contributed by atoms with Crippen LogP contribution >= 0.6 is 0 Å². The highest BCUT2D eigenvalue weighted by Gasteiger charge is 2.06. The van der Waals surface area contributed by atoms with E-state index in [0.29, 0.717) is 17.7 Å². The van der Waals surface area contributed by atoms with E-state index in [-0.39, 0.29) is 6.42 Å². The molecule has 16 heavy (non-hydrogen) atoms. The molecule has 1 aromatic carbocycles. The smallest absolute Gasteiger partial charge is 0.311 e. The summed E-state index contributed by atoms with van der Waals surface area (Å²) < 4.78 is 4.47. The molecule has 82 valence electrons. The van der Waals surface area contributed by atoms with Crippen LogP contribution in [0.15, 0.2) is 24.3 Å². The van der Waals surface area contributed by atoms with Crippen LogP contribution < -0.4 is 0 Å². The summed E-state index contributed by atoms with van der Waals surface area (Å²) in [6.45, 7) is 0. The number of hydrogen-bond acceptors (Lipinski definition) is 4. The van der Waals surface area contributed by atoms with E-state index in [1.54, 1.807) is 24.3 Å². The van der Waals surface area contributed by atoms with Gasteiger partial charge in [-0.3, -0.25) is 4.79 Å². The van der Waals surface area contributed by atoms with Crippen LogP contribution in [-0.2, 0) is 16.0 Å². The Balaban J connectivity index is 2.57. The Morgan fingerprint density at radius 2 is 2.06 bits per heavy atom. The number of esters is 1. The van der Waals surface area contributed by atoms with E-state index in [4.69, 9.17) is 10.7 Å². The number of ether oxygens (including phenoxy) is 1.